The molecule has 7 heteroatoms. The molecule has 1 amide bonds. The fraction of sp³-hybridized carbons (Fsp3) is 0.211. The van der Waals surface area contributed by atoms with E-state index in [2.05, 4.69) is 10.1 Å². The van der Waals surface area contributed by atoms with Crippen LogP contribution in [-0.4, -0.2) is 29.7 Å². The number of hydrogen-bond donors (Lipinski definition) is 0. The zero-order valence-corrected chi connectivity index (χ0v) is 14.8. The van der Waals surface area contributed by atoms with Gasteiger partial charge in [0.05, 0.1) is 7.11 Å². The molecule has 1 aliphatic rings. The molecular weight excluding hydrogens is 354 g/mol. The first kappa shape index (κ1) is 16.6. The van der Waals surface area contributed by atoms with Crippen LogP contribution in [0.15, 0.2) is 53.1 Å². The number of nitrogens with zero attached hydrogens (tertiary/aromatic N) is 3. The van der Waals surface area contributed by atoms with Crippen molar-refractivity contribution in [2.75, 3.05) is 18.6 Å². The summed E-state index contributed by atoms with van der Waals surface area (Å²) >= 11 is 5.92. The molecule has 1 saturated heterocycles. The first-order chi connectivity index (χ1) is 12.6. The van der Waals surface area contributed by atoms with Crippen LogP contribution in [0.25, 0.3) is 11.5 Å². The molecule has 1 atom stereocenters. The largest absolute Gasteiger partial charge is 0.497 e. The lowest BCUT2D eigenvalue weighted by Gasteiger charge is -2.16. The molecule has 1 aromatic heterocycles. The molecule has 0 aliphatic carbocycles. The van der Waals surface area contributed by atoms with Crippen molar-refractivity contribution in [1.29, 1.82) is 0 Å². The van der Waals surface area contributed by atoms with Crippen molar-refractivity contribution in [1.82, 2.24) is 10.1 Å². The number of carbonyl (C=O) groups is 1. The highest BCUT2D eigenvalue weighted by Crippen LogP contribution is 2.32. The van der Waals surface area contributed by atoms with Gasteiger partial charge in [0, 0.05) is 35.2 Å². The molecule has 6 nitrogen and oxygen atoms in total. The maximum Gasteiger partial charge on any atom is 0.257 e. The molecule has 2 aromatic carbocycles. The van der Waals surface area contributed by atoms with Crippen LogP contribution in [0.3, 0.4) is 0 Å². The number of benzene rings is 2. The molecule has 0 bridgehead atoms. The standard InChI is InChI=1S/C19H16ClN3O3/c1-25-16-8-2-12(3-9-16)19-21-18(22-26-19)13-10-17(24)23(11-13)15-6-4-14(20)5-7-15/h2-9,13H,10-11H2,1H3. The Balaban J connectivity index is 1.52. The Bertz CT molecular complexity index is 922. The Hall–Kier alpha value is -2.86. The van der Waals surface area contributed by atoms with Gasteiger partial charge in [-0.2, -0.15) is 4.98 Å². The SMILES string of the molecule is COc1ccc(-c2nc(C3CC(=O)N(c4ccc(Cl)cc4)C3)no2)cc1. The minimum atomic E-state index is -0.103. The van der Waals surface area contributed by atoms with Gasteiger partial charge in [-0.05, 0) is 48.5 Å². The fourth-order valence-electron chi connectivity index (χ4n) is 3.00. The summed E-state index contributed by atoms with van der Waals surface area (Å²) in [5, 5.41) is 4.71. The van der Waals surface area contributed by atoms with Crippen LogP contribution in [0.4, 0.5) is 5.69 Å². The number of rotatable bonds is 4. The van der Waals surface area contributed by atoms with E-state index in [4.69, 9.17) is 20.9 Å². The molecule has 4 rings (SSSR count). The maximum atomic E-state index is 12.4. The van der Waals surface area contributed by atoms with Crippen molar-refractivity contribution in [3.8, 4) is 17.2 Å². The summed E-state index contributed by atoms with van der Waals surface area (Å²) in [6, 6.07) is 14.6. The lowest BCUT2D eigenvalue weighted by Crippen LogP contribution is -2.24. The molecule has 1 fully saturated rings. The highest BCUT2D eigenvalue weighted by molar-refractivity contribution is 6.30. The lowest BCUT2D eigenvalue weighted by atomic mass is 10.1. The van der Waals surface area contributed by atoms with Gasteiger partial charge in [0.15, 0.2) is 5.82 Å². The third kappa shape index (κ3) is 3.15. The van der Waals surface area contributed by atoms with Gasteiger partial charge in [0.1, 0.15) is 5.75 Å². The Kier molecular flexibility index (Phi) is 4.34. The van der Waals surface area contributed by atoms with Gasteiger partial charge in [-0.3, -0.25) is 4.79 Å². The van der Waals surface area contributed by atoms with Crippen molar-refractivity contribution in [3.63, 3.8) is 0 Å². The van der Waals surface area contributed by atoms with Crippen molar-refractivity contribution >= 4 is 23.2 Å². The van der Waals surface area contributed by atoms with E-state index in [1.807, 2.05) is 36.4 Å². The van der Waals surface area contributed by atoms with E-state index < -0.39 is 0 Å². The maximum absolute atomic E-state index is 12.4. The average molecular weight is 370 g/mol. The summed E-state index contributed by atoms with van der Waals surface area (Å²) in [6.45, 7) is 0.516. The van der Waals surface area contributed by atoms with E-state index in [0.29, 0.717) is 29.7 Å². The second-order valence-corrected chi connectivity index (χ2v) is 6.50. The van der Waals surface area contributed by atoms with Crippen molar-refractivity contribution < 1.29 is 14.1 Å². The number of hydrogen-bond acceptors (Lipinski definition) is 5. The summed E-state index contributed by atoms with van der Waals surface area (Å²) in [6.07, 6.45) is 0.351. The normalized spacial score (nSPS) is 16.9. The van der Waals surface area contributed by atoms with Crippen molar-refractivity contribution in [3.05, 3.63) is 59.4 Å². The molecule has 0 spiro atoms. The molecule has 26 heavy (non-hydrogen) atoms. The minimum Gasteiger partial charge on any atom is -0.497 e. The summed E-state index contributed by atoms with van der Waals surface area (Å²) in [5.41, 5.74) is 1.63. The molecule has 0 radical (unpaired) electrons. The third-order valence-electron chi connectivity index (χ3n) is 4.41. The first-order valence-electron chi connectivity index (χ1n) is 8.18. The van der Waals surface area contributed by atoms with Crippen LogP contribution < -0.4 is 9.64 Å². The Morgan fingerprint density at radius 3 is 2.58 bits per heavy atom. The molecule has 1 unspecified atom stereocenters. The van der Waals surface area contributed by atoms with Crippen LogP contribution in [0.1, 0.15) is 18.2 Å². The second kappa shape index (κ2) is 6.80. The topological polar surface area (TPSA) is 68.5 Å². The molecule has 0 saturated carbocycles. The number of aromatic nitrogens is 2. The fourth-order valence-corrected chi connectivity index (χ4v) is 3.13. The summed E-state index contributed by atoms with van der Waals surface area (Å²) in [4.78, 5) is 18.6. The third-order valence-corrected chi connectivity index (χ3v) is 4.66. The van der Waals surface area contributed by atoms with Gasteiger partial charge in [-0.25, -0.2) is 0 Å². The minimum absolute atomic E-state index is 0.0353. The molecular formula is C19H16ClN3O3. The smallest absolute Gasteiger partial charge is 0.257 e. The van der Waals surface area contributed by atoms with Gasteiger partial charge in [0.2, 0.25) is 5.91 Å². The Morgan fingerprint density at radius 1 is 1.15 bits per heavy atom. The van der Waals surface area contributed by atoms with Crippen LogP contribution in [0, 0.1) is 0 Å². The van der Waals surface area contributed by atoms with E-state index >= 15 is 0 Å². The number of ether oxygens (including phenoxy) is 1. The molecule has 1 aliphatic heterocycles. The Morgan fingerprint density at radius 2 is 1.88 bits per heavy atom. The number of anilines is 1. The highest BCUT2D eigenvalue weighted by Gasteiger charge is 2.34. The predicted octanol–water partition coefficient (Wildman–Crippen LogP) is 3.92. The summed E-state index contributed by atoms with van der Waals surface area (Å²) < 4.78 is 10.5. The molecule has 0 N–H and O–H groups in total. The summed E-state index contributed by atoms with van der Waals surface area (Å²) in [5.74, 6) is 1.66. The van der Waals surface area contributed by atoms with E-state index in [-0.39, 0.29) is 11.8 Å². The van der Waals surface area contributed by atoms with Crippen LogP contribution >= 0.6 is 11.6 Å². The van der Waals surface area contributed by atoms with E-state index in [1.54, 1.807) is 24.1 Å². The number of carbonyl (C=O) groups excluding carboxylic acids is 1. The monoisotopic (exact) mass is 369 g/mol. The number of amides is 1. The first-order valence-corrected chi connectivity index (χ1v) is 8.56. The van der Waals surface area contributed by atoms with E-state index in [9.17, 15) is 4.79 Å². The molecule has 3 aromatic rings. The van der Waals surface area contributed by atoms with Crippen molar-refractivity contribution in [2.45, 2.75) is 12.3 Å². The van der Waals surface area contributed by atoms with E-state index in [1.165, 1.54) is 0 Å². The number of halogens is 1. The lowest BCUT2D eigenvalue weighted by molar-refractivity contribution is -0.117. The van der Waals surface area contributed by atoms with Crippen LogP contribution in [0.5, 0.6) is 5.75 Å². The van der Waals surface area contributed by atoms with Crippen LogP contribution in [0.2, 0.25) is 5.02 Å². The molecule has 2 heterocycles. The zero-order chi connectivity index (χ0) is 18.1. The van der Waals surface area contributed by atoms with Gasteiger partial charge in [-0.1, -0.05) is 16.8 Å². The van der Waals surface area contributed by atoms with Gasteiger partial charge in [0.25, 0.3) is 5.89 Å². The Labute approximate surface area is 155 Å². The highest BCUT2D eigenvalue weighted by atomic mass is 35.5. The average Bonchev–Trinajstić information content (AvgIpc) is 3.29. The van der Waals surface area contributed by atoms with Gasteiger partial charge < -0.3 is 14.2 Å². The second-order valence-electron chi connectivity index (χ2n) is 6.07. The zero-order valence-electron chi connectivity index (χ0n) is 14.1. The predicted molar refractivity (Wildman–Crippen MR) is 97.4 cm³/mol. The van der Waals surface area contributed by atoms with Crippen LogP contribution in [-0.2, 0) is 4.79 Å². The molecule has 132 valence electrons. The van der Waals surface area contributed by atoms with E-state index in [0.717, 1.165) is 17.0 Å². The van der Waals surface area contributed by atoms with Crippen molar-refractivity contribution in [2.24, 2.45) is 0 Å². The van der Waals surface area contributed by atoms with Gasteiger partial charge >= 0.3 is 0 Å². The quantitative estimate of drug-likeness (QED) is 0.697. The summed E-state index contributed by atoms with van der Waals surface area (Å²) in [7, 11) is 1.61. The number of methoxy groups -OCH3 is 1. The van der Waals surface area contributed by atoms with Gasteiger partial charge in [-0.15, -0.1) is 0 Å².